The maximum absolute atomic E-state index is 15.1. The molecule has 10 rings (SSSR count). The number of aryl methyl sites for hydroxylation is 2. The highest BCUT2D eigenvalue weighted by Crippen LogP contribution is 2.46. The number of hydrogen-bond donors (Lipinski definition) is 2. The van der Waals surface area contributed by atoms with Crippen molar-refractivity contribution in [3.05, 3.63) is 273 Å². The monoisotopic (exact) mass is 1230 g/mol. The van der Waals surface area contributed by atoms with E-state index in [4.69, 9.17) is 9.47 Å². The molecule has 0 aliphatic heterocycles. The molecule has 0 fully saturated rings. The number of ether oxygens (including phenoxy) is 2. The van der Waals surface area contributed by atoms with Crippen LogP contribution in [0.5, 0.6) is 11.5 Å². The molecule has 0 radical (unpaired) electrons. The van der Waals surface area contributed by atoms with Crippen LogP contribution in [-0.2, 0) is 37.7 Å². The number of carbonyl (C=O) groups excluding carboxylic acids is 2. The van der Waals surface area contributed by atoms with Crippen LogP contribution in [0.3, 0.4) is 0 Å². The Kier molecular flexibility index (Phi) is 18.7. The zero-order chi connectivity index (χ0) is 66.0. The minimum Gasteiger partial charge on any atom is -0.507 e. The van der Waals surface area contributed by atoms with Crippen molar-refractivity contribution in [2.75, 3.05) is 31.2 Å². The number of rotatable bonds is 16. The van der Waals surface area contributed by atoms with E-state index in [0.29, 0.717) is 53.0 Å². The molecule has 1 heterocycles. The Balaban J connectivity index is 1.08. The van der Waals surface area contributed by atoms with Crippen molar-refractivity contribution in [1.82, 2.24) is 4.57 Å². The SMILES string of the molecule is Cc1ccc(N(CCOC(=O)c2cc(C(C)(C)C)c(O)c(C(C)(C)C)c2)c2ccc(C(=C3C=CC(=[N+](CCOC(=O)c4cc(C(C)(C)C)c(O)c(C(C)(C)C)c4)c4ccc(C)cc4)C=C3)c3c(-c4ccc(F)cc4)n(Cc4ccccc4)c4ccccc34)cc2)cc1. The molecule has 0 atom stereocenters. The van der Waals surface area contributed by atoms with Crippen LogP contribution < -0.4 is 4.90 Å². The van der Waals surface area contributed by atoms with Gasteiger partial charge in [0.15, 0.2) is 13.2 Å². The number of carbonyl (C=O) groups is 2. The van der Waals surface area contributed by atoms with Gasteiger partial charge in [-0.1, -0.05) is 179 Å². The molecule has 2 N–H and O–H groups in total. The molecule has 0 bridgehead atoms. The highest BCUT2D eigenvalue weighted by Gasteiger charge is 2.32. The van der Waals surface area contributed by atoms with Crippen molar-refractivity contribution in [3.8, 4) is 22.8 Å². The van der Waals surface area contributed by atoms with Crippen molar-refractivity contribution in [1.29, 1.82) is 0 Å². The number of para-hydroxylation sites is 1. The largest absolute Gasteiger partial charge is 0.507 e. The molecule has 8 aromatic carbocycles. The molecular weight excluding hydrogens is 1140 g/mol. The molecular formula is C82H87FN3O6+. The second kappa shape index (κ2) is 26.4. The highest BCUT2D eigenvalue weighted by molar-refractivity contribution is 6.09. The molecule has 1 aromatic heterocycles. The average molecular weight is 1230 g/mol. The summed E-state index contributed by atoms with van der Waals surface area (Å²) in [6, 6.07) is 57.8. The van der Waals surface area contributed by atoms with Gasteiger partial charge in [-0.3, -0.25) is 0 Å². The normalized spacial score (nSPS) is 12.8. The summed E-state index contributed by atoms with van der Waals surface area (Å²) in [5.74, 6) is -0.852. The first-order valence-corrected chi connectivity index (χ1v) is 31.8. The van der Waals surface area contributed by atoms with Gasteiger partial charge in [0, 0.05) is 80.9 Å². The number of phenolic OH excluding ortho intramolecular Hbond substituents is 2. The number of allylic oxidation sites excluding steroid dienone is 5. The van der Waals surface area contributed by atoms with Crippen LogP contribution in [0, 0.1) is 19.7 Å². The Morgan fingerprint density at radius 2 is 0.978 bits per heavy atom. The lowest BCUT2D eigenvalue weighted by Crippen LogP contribution is -2.24. The molecule has 0 saturated carbocycles. The van der Waals surface area contributed by atoms with Gasteiger partial charge < -0.3 is 29.2 Å². The summed E-state index contributed by atoms with van der Waals surface area (Å²) in [5.41, 5.74) is 15.4. The van der Waals surface area contributed by atoms with Gasteiger partial charge in [0.25, 0.3) is 0 Å². The molecule has 0 unspecified atom stereocenters. The van der Waals surface area contributed by atoms with E-state index in [9.17, 15) is 19.8 Å². The third kappa shape index (κ3) is 14.5. The molecule has 0 saturated heterocycles. The standard InChI is InChI=1S/C82H86FN3O6/c1-53-24-36-62(37-25-53)84(44-46-91-77(89)59-48-67(79(3,4)5)75(87)68(49-59)80(6,7)8)64-40-30-56(31-41-64)72(73-66-22-18-19-23-71(66)86(52-55-20-16-15-17-21-55)74(73)58-28-34-61(83)35-29-58)57-32-42-65(43-33-57)85(63-38-26-54(2)27-39-63)45-47-92-78(90)60-50-69(81(9,10)11)76(88)70(51-60)82(12,13)14/h15-43,48-51H,44-47,52H2,1-14H3,(H-,87,88,89,90)/p+1. The van der Waals surface area contributed by atoms with Crippen molar-refractivity contribution < 1.29 is 38.2 Å². The van der Waals surface area contributed by atoms with Crippen LogP contribution in [0.25, 0.3) is 27.7 Å². The van der Waals surface area contributed by atoms with E-state index in [1.54, 1.807) is 24.3 Å². The maximum atomic E-state index is 15.1. The number of aromatic hydroxyl groups is 2. The maximum Gasteiger partial charge on any atom is 0.338 e. The lowest BCUT2D eigenvalue weighted by atomic mass is 9.78. The van der Waals surface area contributed by atoms with Gasteiger partial charge in [-0.05, 0) is 154 Å². The van der Waals surface area contributed by atoms with E-state index in [0.717, 1.165) is 83.9 Å². The molecule has 9 aromatic rings. The highest BCUT2D eigenvalue weighted by atomic mass is 19.1. The van der Waals surface area contributed by atoms with Gasteiger partial charge >= 0.3 is 11.9 Å². The zero-order valence-electron chi connectivity index (χ0n) is 55.8. The van der Waals surface area contributed by atoms with Crippen LogP contribution in [0.1, 0.15) is 154 Å². The topological polar surface area (TPSA) is 104 Å². The average Bonchev–Trinajstić information content (AvgIpc) is 1.55. The van der Waals surface area contributed by atoms with Crippen LogP contribution in [0.4, 0.5) is 21.5 Å². The Hall–Kier alpha value is -9.54. The van der Waals surface area contributed by atoms with Crippen LogP contribution in [-0.4, -0.2) is 63.3 Å². The molecule has 0 spiro atoms. The van der Waals surface area contributed by atoms with Gasteiger partial charge in [0.2, 0.25) is 11.4 Å². The first-order valence-electron chi connectivity index (χ1n) is 31.8. The first-order chi connectivity index (χ1) is 43.5. The number of benzene rings is 8. The quantitative estimate of drug-likeness (QED) is 0.0733. The minimum absolute atomic E-state index is 0.0771. The number of hydrogen-bond acceptors (Lipinski definition) is 7. The fourth-order valence-corrected chi connectivity index (χ4v) is 12.1. The lowest BCUT2D eigenvalue weighted by molar-refractivity contribution is -0.442. The molecule has 10 heteroatoms. The number of nitrogens with zero attached hydrogens (tertiary/aromatic N) is 3. The zero-order valence-corrected chi connectivity index (χ0v) is 55.8. The van der Waals surface area contributed by atoms with Crippen molar-refractivity contribution in [2.24, 2.45) is 0 Å². The third-order valence-electron chi connectivity index (χ3n) is 17.2. The van der Waals surface area contributed by atoms with Crippen molar-refractivity contribution in [3.63, 3.8) is 0 Å². The summed E-state index contributed by atoms with van der Waals surface area (Å²) in [6.45, 7) is 29.8. The lowest BCUT2D eigenvalue weighted by Gasteiger charge is -2.28. The first kappa shape index (κ1) is 65.4. The molecule has 1 aliphatic rings. The van der Waals surface area contributed by atoms with Crippen LogP contribution in [0.15, 0.2) is 206 Å². The van der Waals surface area contributed by atoms with E-state index >= 15 is 4.39 Å². The smallest absolute Gasteiger partial charge is 0.338 e. The minimum atomic E-state index is -0.464. The summed E-state index contributed by atoms with van der Waals surface area (Å²) >= 11 is 0. The van der Waals surface area contributed by atoms with Crippen LogP contribution in [0.2, 0.25) is 0 Å². The summed E-state index contributed by atoms with van der Waals surface area (Å²) in [4.78, 5) is 30.4. The molecule has 472 valence electrons. The van der Waals surface area contributed by atoms with E-state index in [1.165, 1.54) is 12.1 Å². The fraction of sp³-hybridized carbons (Fsp3) is 0.280. The van der Waals surface area contributed by atoms with Crippen molar-refractivity contribution in [2.45, 2.75) is 125 Å². The summed E-state index contributed by atoms with van der Waals surface area (Å²) < 4.78 is 31.9. The summed E-state index contributed by atoms with van der Waals surface area (Å²) in [5, 5.41) is 23.9. The number of phenols is 2. The van der Waals surface area contributed by atoms with Gasteiger partial charge in [-0.25, -0.2) is 14.0 Å². The predicted molar refractivity (Wildman–Crippen MR) is 374 cm³/mol. The van der Waals surface area contributed by atoms with E-state index in [-0.39, 0.29) is 30.5 Å². The van der Waals surface area contributed by atoms with Gasteiger partial charge in [0.05, 0.1) is 23.4 Å². The van der Waals surface area contributed by atoms with E-state index < -0.39 is 33.6 Å². The van der Waals surface area contributed by atoms with Gasteiger partial charge in [-0.15, -0.1) is 0 Å². The fourth-order valence-electron chi connectivity index (χ4n) is 12.1. The second-order valence-corrected chi connectivity index (χ2v) is 28.4. The Labute approximate surface area is 543 Å². The second-order valence-electron chi connectivity index (χ2n) is 28.4. The summed E-state index contributed by atoms with van der Waals surface area (Å²) in [7, 11) is 0. The van der Waals surface area contributed by atoms with E-state index in [1.807, 2.05) is 101 Å². The van der Waals surface area contributed by atoms with Crippen molar-refractivity contribution >= 4 is 51.2 Å². The Bertz CT molecular complexity index is 4240. The predicted octanol–water partition coefficient (Wildman–Crippen LogP) is 19.3. The number of aromatic nitrogens is 1. The molecule has 9 nitrogen and oxygen atoms in total. The van der Waals surface area contributed by atoms with Gasteiger partial charge in [0.1, 0.15) is 23.9 Å². The van der Waals surface area contributed by atoms with Gasteiger partial charge in [-0.2, -0.15) is 4.58 Å². The number of halogens is 1. The number of fused-ring (bicyclic) bond motifs is 1. The van der Waals surface area contributed by atoms with E-state index in [2.05, 4.69) is 174 Å². The molecule has 92 heavy (non-hydrogen) atoms. The third-order valence-corrected chi connectivity index (χ3v) is 17.2. The number of anilines is 2. The van der Waals surface area contributed by atoms with Crippen LogP contribution >= 0.6 is 0 Å². The Morgan fingerprint density at radius 1 is 0.522 bits per heavy atom. The summed E-state index contributed by atoms with van der Waals surface area (Å²) in [6.07, 6.45) is 8.53. The molecule has 1 aliphatic carbocycles. The number of esters is 2. The molecule has 0 amide bonds. The Morgan fingerprint density at radius 3 is 1.48 bits per heavy atom.